The summed E-state index contributed by atoms with van der Waals surface area (Å²) in [6.45, 7) is 6.78. The fraction of sp³-hybridized carbons (Fsp3) is 0.375. The van der Waals surface area contributed by atoms with Crippen LogP contribution >= 0.6 is 11.6 Å². The van der Waals surface area contributed by atoms with Gasteiger partial charge in [0.15, 0.2) is 0 Å². The maximum absolute atomic E-state index is 6.08. The first-order valence-electron chi connectivity index (χ1n) is 6.80. The number of hydrogen-bond donors (Lipinski definition) is 1. The molecule has 0 aliphatic rings. The van der Waals surface area contributed by atoms with Gasteiger partial charge in [0.25, 0.3) is 0 Å². The summed E-state index contributed by atoms with van der Waals surface area (Å²) in [5, 5.41) is 4.02. The minimum Gasteiger partial charge on any atom is -0.464 e. The molecule has 4 heteroatoms. The molecular weight excluding hydrogens is 274 g/mol. The lowest BCUT2D eigenvalue weighted by Crippen LogP contribution is -2.11. The molecule has 0 bridgehead atoms. The van der Waals surface area contributed by atoms with E-state index in [9.17, 15) is 0 Å². The first-order chi connectivity index (χ1) is 9.70. The Bertz CT molecular complexity index is 551. The normalized spacial score (nSPS) is 10.9. The van der Waals surface area contributed by atoms with Crippen molar-refractivity contribution in [2.24, 2.45) is 0 Å². The zero-order valence-corrected chi connectivity index (χ0v) is 12.7. The average molecular weight is 294 g/mol. The van der Waals surface area contributed by atoms with E-state index in [2.05, 4.69) is 12.2 Å². The largest absolute Gasteiger partial charge is 0.464 e. The molecule has 0 unspecified atom stereocenters. The Balaban J connectivity index is 1.87. The van der Waals surface area contributed by atoms with Gasteiger partial charge in [-0.15, -0.1) is 0 Å². The van der Waals surface area contributed by atoms with E-state index in [1.807, 2.05) is 37.3 Å². The molecule has 0 amide bonds. The van der Waals surface area contributed by atoms with Crippen molar-refractivity contribution >= 4 is 11.6 Å². The third-order valence-corrected chi connectivity index (χ3v) is 3.47. The topological polar surface area (TPSA) is 34.4 Å². The SMILES string of the molecule is CCNCc1cc(COCc2ccccc2Cl)oc1C. The van der Waals surface area contributed by atoms with Crippen molar-refractivity contribution in [3.8, 4) is 0 Å². The predicted octanol–water partition coefficient (Wildman–Crippen LogP) is 4.07. The number of ether oxygens (including phenoxy) is 1. The van der Waals surface area contributed by atoms with Crippen molar-refractivity contribution in [3.63, 3.8) is 0 Å². The average Bonchev–Trinajstić information content (AvgIpc) is 2.79. The number of halogens is 1. The van der Waals surface area contributed by atoms with Gasteiger partial charge in [0.2, 0.25) is 0 Å². The van der Waals surface area contributed by atoms with Crippen LogP contribution < -0.4 is 5.32 Å². The van der Waals surface area contributed by atoms with Crippen molar-refractivity contribution in [1.82, 2.24) is 5.32 Å². The van der Waals surface area contributed by atoms with Gasteiger partial charge in [0, 0.05) is 17.1 Å². The molecule has 0 aliphatic heterocycles. The molecule has 3 nitrogen and oxygen atoms in total. The minimum atomic E-state index is 0.457. The second-order valence-corrected chi connectivity index (χ2v) is 5.07. The highest BCUT2D eigenvalue weighted by Crippen LogP contribution is 2.18. The van der Waals surface area contributed by atoms with Crippen LogP contribution in [0.25, 0.3) is 0 Å². The Morgan fingerprint density at radius 2 is 2.00 bits per heavy atom. The zero-order chi connectivity index (χ0) is 14.4. The van der Waals surface area contributed by atoms with Crippen LogP contribution in [-0.4, -0.2) is 6.54 Å². The molecule has 0 saturated carbocycles. The molecule has 1 heterocycles. The number of hydrogen-bond acceptors (Lipinski definition) is 3. The number of benzene rings is 1. The smallest absolute Gasteiger partial charge is 0.130 e. The van der Waals surface area contributed by atoms with Crippen LogP contribution in [-0.2, 0) is 24.5 Å². The molecule has 1 aromatic carbocycles. The van der Waals surface area contributed by atoms with Crippen LogP contribution in [0, 0.1) is 6.92 Å². The molecule has 0 spiro atoms. The number of aryl methyl sites for hydroxylation is 1. The third kappa shape index (κ3) is 4.10. The van der Waals surface area contributed by atoms with E-state index in [0.29, 0.717) is 13.2 Å². The molecular formula is C16H20ClNO2. The molecule has 1 aromatic heterocycles. The number of nitrogens with one attached hydrogen (secondary N) is 1. The van der Waals surface area contributed by atoms with Crippen molar-refractivity contribution in [2.45, 2.75) is 33.6 Å². The molecule has 2 aromatic rings. The van der Waals surface area contributed by atoms with Gasteiger partial charge in [0.1, 0.15) is 18.1 Å². The van der Waals surface area contributed by atoms with Crippen LogP contribution in [0.15, 0.2) is 34.7 Å². The maximum Gasteiger partial charge on any atom is 0.130 e. The van der Waals surface area contributed by atoms with E-state index in [4.69, 9.17) is 20.8 Å². The molecule has 0 atom stereocenters. The van der Waals surface area contributed by atoms with Gasteiger partial charge in [-0.25, -0.2) is 0 Å². The summed E-state index contributed by atoms with van der Waals surface area (Å²) >= 11 is 6.08. The molecule has 0 radical (unpaired) electrons. The molecule has 0 aliphatic carbocycles. The van der Waals surface area contributed by atoms with E-state index in [0.717, 1.165) is 35.2 Å². The highest BCUT2D eigenvalue weighted by Gasteiger charge is 2.07. The molecule has 2 rings (SSSR count). The lowest BCUT2D eigenvalue weighted by molar-refractivity contribution is 0.0924. The summed E-state index contributed by atoms with van der Waals surface area (Å²) in [6, 6.07) is 9.74. The van der Waals surface area contributed by atoms with Crippen LogP contribution in [0.1, 0.15) is 29.6 Å². The Morgan fingerprint density at radius 3 is 2.75 bits per heavy atom. The van der Waals surface area contributed by atoms with Crippen LogP contribution in [0.4, 0.5) is 0 Å². The van der Waals surface area contributed by atoms with Crippen LogP contribution in [0.3, 0.4) is 0 Å². The van der Waals surface area contributed by atoms with E-state index in [1.165, 1.54) is 5.56 Å². The standard InChI is InChI=1S/C16H20ClNO2/c1-3-18-9-14-8-15(20-12(14)2)11-19-10-13-6-4-5-7-16(13)17/h4-8,18H,3,9-11H2,1-2H3. The van der Waals surface area contributed by atoms with Crippen molar-refractivity contribution < 1.29 is 9.15 Å². The summed E-state index contributed by atoms with van der Waals surface area (Å²) in [6.07, 6.45) is 0. The van der Waals surface area contributed by atoms with E-state index < -0.39 is 0 Å². The molecule has 0 fully saturated rings. The van der Waals surface area contributed by atoms with Gasteiger partial charge in [-0.1, -0.05) is 36.7 Å². The van der Waals surface area contributed by atoms with Gasteiger partial charge in [0.05, 0.1) is 6.61 Å². The lowest BCUT2D eigenvalue weighted by atomic mass is 10.2. The Labute approximate surface area is 124 Å². The Morgan fingerprint density at radius 1 is 1.20 bits per heavy atom. The van der Waals surface area contributed by atoms with Crippen molar-refractivity contribution in [3.05, 3.63) is 58.0 Å². The molecule has 20 heavy (non-hydrogen) atoms. The Kier molecular flexibility index (Phi) is 5.65. The highest BCUT2D eigenvalue weighted by molar-refractivity contribution is 6.31. The summed E-state index contributed by atoms with van der Waals surface area (Å²) in [7, 11) is 0. The minimum absolute atomic E-state index is 0.457. The summed E-state index contributed by atoms with van der Waals surface area (Å²) in [4.78, 5) is 0. The fourth-order valence-corrected chi connectivity index (χ4v) is 2.16. The van der Waals surface area contributed by atoms with Crippen LogP contribution in [0.2, 0.25) is 5.02 Å². The third-order valence-electron chi connectivity index (χ3n) is 3.10. The summed E-state index contributed by atoms with van der Waals surface area (Å²) in [5.41, 5.74) is 2.17. The Hall–Kier alpha value is -1.29. The van der Waals surface area contributed by atoms with Crippen LogP contribution in [0.5, 0.6) is 0 Å². The van der Waals surface area contributed by atoms with Crippen molar-refractivity contribution in [2.75, 3.05) is 6.54 Å². The first-order valence-corrected chi connectivity index (χ1v) is 7.18. The summed E-state index contributed by atoms with van der Waals surface area (Å²) in [5.74, 6) is 1.80. The van der Waals surface area contributed by atoms with Gasteiger partial charge < -0.3 is 14.5 Å². The van der Waals surface area contributed by atoms with Gasteiger partial charge in [-0.3, -0.25) is 0 Å². The second kappa shape index (κ2) is 7.48. The summed E-state index contributed by atoms with van der Waals surface area (Å²) < 4.78 is 11.3. The van der Waals surface area contributed by atoms with E-state index in [1.54, 1.807) is 0 Å². The number of rotatable bonds is 7. The maximum atomic E-state index is 6.08. The number of furan rings is 1. The monoisotopic (exact) mass is 293 g/mol. The molecule has 0 saturated heterocycles. The zero-order valence-electron chi connectivity index (χ0n) is 11.9. The van der Waals surface area contributed by atoms with Gasteiger partial charge in [-0.05, 0) is 31.2 Å². The second-order valence-electron chi connectivity index (χ2n) is 4.66. The predicted molar refractivity (Wildman–Crippen MR) is 80.8 cm³/mol. The molecule has 1 N–H and O–H groups in total. The quantitative estimate of drug-likeness (QED) is 0.836. The molecule has 108 valence electrons. The van der Waals surface area contributed by atoms with Gasteiger partial charge >= 0.3 is 0 Å². The van der Waals surface area contributed by atoms with Gasteiger partial charge in [-0.2, -0.15) is 0 Å². The van der Waals surface area contributed by atoms with E-state index >= 15 is 0 Å². The van der Waals surface area contributed by atoms with E-state index in [-0.39, 0.29) is 0 Å². The lowest BCUT2D eigenvalue weighted by Gasteiger charge is -2.04. The highest BCUT2D eigenvalue weighted by atomic mass is 35.5. The first kappa shape index (κ1) is 15.1. The van der Waals surface area contributed by atoms with Crippen molar-refractivity contribution in [1.29, 1.82) is 0 Å². The fourth-order valence-electron chi connectivity index (χ4n) is 1.97.